The van der Waals surface area contributed by atoms with Gasteiger partial charge in [-0.25, -0.2) is 0 Å². The Kier molecular flexibility index (Phi) is 3.70. The average molecular weight is 287 g/mol. The van der Waals surface area contributed by atoms with Crippen LogP contribution in [0.3, 0.4) is 0 Å². The zero-order valence-corrected chi connectivity index (χ0v) is 12.6. The third-order valence-electron chi connectivity index (χ3n) is 3.77. The van der Waals surface area contributed by atoms with Gasteiger partial charge in [-0.3, -0.25) is 0 Å². The topological polar surface area (TPSA) is 29.3 Å². The van der Waals surface area contributed by atoms with E-state index in [1.807, 2.05) is 0 Å². The van der Waals surface area contributed by atoms with Gasteiger partial charge < -0.3 is 10.6 Å². The summed E-state index contributed by atoms with van der Waals surface area (Å²) >= 11 is 12.5. The summed E-state index contributed by atoms with van der Waals surface area (Å²) in [6.45, 7) is 8.87. The van der Waals surface area contributed by atoms with E-state index in [1.54, 1.807) is 12.1 Å². The van der Waals surface area contributed by atoms with Gasteiger partial charge in [-0.2, -0.15) is 0 Å². The van der Waals surface area contributed by atoms with Gasteiger partial charge in [0.15, 0.2) is 0 Å². The average Bonchev–Trinajstić information content (AvgIpc) is 2.64. The third kappa shape index (κ3) is 2.70. The summed E-state index contributed by atoms with van der Waals surface area (Å²) in [5, 5.41) is 1.30. The van der Waals surface area contributed by atoms with Crippen LogP contribution in [-0.2, 0) is 0 Å². The first-order valence-electron chi connectivity index (χ1n) is 6.28. The second-order valence-electron chi connectivity index (χ2n) is 6.13. The Hall–Kier alpha value is -0.600. The highest BCUT2D eigenvalue weighted by Gasteiger charge is 2.33. The van der Waals surface area contributed by atoms with Crippen LogP contribution < -0.4 is 10.6 Å². The molecule has 18 heavy (non-hydrogen) atoms. The molecule has 2 nitrogen and oxygen atoms in total. The van der Waals surface area contributed by atoms with Crippen molar-refractivity contribution in [3.8, 4) is 0 Å². The molecule has 0 aliphatic carbocycles. The van der Waals surface area contributed by atoms with E-state index in [-0.39, 0.29) is 0 Å². The van der Waals surface area contributed by atoms with Crippen LogP contribution >= 0.6 is 23.2 Å². The summed E-state index contributed by atoms with van der Waals surface area (Å²) in [4.78, 5) is 2.28. The van der Waals surface area contributed by atoms with Crippen LogP contribution in [0, 0.1) is 11.3 Å². The second kappa shape index (κ2) is 4.82. The standard InChI is InChI=1S/C14H20Cl2N2/c1-14(2,3)9-4-5-18(8-9)13-11(15)6-10(17)7-12(13)16/h6-7,9H,4-5,8,17H2,1-3H3. The molecular weight excluding hydrogens is 267 g/mol. The SMILES string of the molecule is CC(C)(C)C1CCN(c2c(Cl)cc(N)cc2Cl)C1. The van der Waals surface area contributed by atoms with Crippen LogP contribution in [0.1, 0.15) is 27.2 Å². The molecule has 0 amide bonds. The van der Waals surface area contributed by atoms with E-state index in [0.29, 0.717) is 27.1 Å². The van der Waals surface area contributed by atoms with E-state index in [4.69, 9.17) is 28.9 Å². The number of hydrogen-bond acceptors (Lipinski definition) is 2. The van der Waals surface area contributed by atoms with E-state index in [2.05, 4.69) is 25.7 Å². The van der Waals surface area contributed by atoms with Crippen molar-refractivity contribution in [1.29, 1.82) is 0 Å². The number of rotatable bonds is 1. The highest BCUT2D eigenvalue weighted by molar-refractivity contribution is 6.39. The molecule has 0 radical (unpaired) electrons. The van der Waals surface area contributed by atoms with Gasteiger partial charge in [0.05, 0.1) is 15.7 Å². The van der Waals surface area contributed by atoms with Gasteiger partial charge in [0, 0.05) is 18.8 Å². The van der Waals surface area contributed by atoms with Crippen molar-refractivity contribution in [2.75, 3.05) is 23.7 Å². The molecule has 0 bridgehead atoms. The maximum absolute atomic E-state index is 6.27. The molecule has 1 heterocycles. The van der Waals surface area contributed by atoms with Gasteiger partial charge in [-0.15, -0.1) is 0 Å². The molecule has 2 rings (SSSR count). The predicted octanol–water partition coefficient (Wildman–Crippen LogP) is 4.45. The van der Waals surface area contributed by atoms with E-state index < -0.39 is 0 Å². The van der Waals surface area contributed by atoms with Crippen LogP contribution in [0.2, 0.25) is 10.0 Å². The molecule has 1 unspecified atom stereocenters. The van der Waals surface area contributed by atoms with Gasteiger partial charge in [0.2, 0.25) is 0 Å². The van der Waals surface area contributed by atoms with Crippen LogP contribution in [0.4, 0.5) is 11.4 Å². The molecule has 1 aliphatic rings. The molecule has 0 saturated carbocycles. The van der Waals surface area contributed by atoms with E-state index in [1.165, 1.54) is 6.42 Å². The summed E-state index contributed by atoms with van der Waals surface area (Å²) in [6.07, 6.45) is 1.18. The molecule has 2 N–H and O–H groups in total. The number of hydrogen-bond donors (Lipinski definition) is 1. The van der Waals surface area contributed by atoms with Gasteiger partial charge in [-0.05, 0) is 29.9 Å². The summed E-state index contributed by atoms with van der Waals surface area (Å²) < 4.78 is 0. The zero-order chi connectivity index (χ0) is 13.5. The molecule has 1 atom stereocenters. The van der Waals surface area contributed by atoms with Gasteiger partial charge >= 0.3 is 0 Å². The Morgan fingerprint density at radius 3 is 2.22 bits per heavy atom. The quantitative estimate of drug-likeness (QED) is 0.773. The van der Waals surface area contributed by atoms with Gasteiger partial charge in [0.25, 0.3) is 0 Å². The van der Waals surface area contributed by atoms with Crippen molar-refractivity contribution in [3.05, 3.63) is 22.2 Å². The lowest BCUT2D eigenvalue weighted by Crippen LogP contribution is -2.26. The first kappa shape index (κ1) is 13.8. The van der Waals surface area contributed by atoms with Gasteiger partial charge in [-0.1, -0.05) is 44.0 Å². The molecular formula is C14H20Cl2N2. The molecule has 0 spiro atoms. The van der Waals surface area contributed by atoms with Crippen molar-refractivity contribution >= 4 is 34.6 Å². The van der Waals surface area contributed by atoms with Crippen LogP contribution in [0.15, 0.2) is 12.1 Å². The first-order valence-corrected chi connectivity index (χ1v) is 7.04. The minimum atomic E-state index is 0.321. The molecule has 1 aromatic rings. The fourth-order valence-electron chi connectivity index (χ4n) is 2.56. The Morgan fingerprint density at radius 1 is 1.22 bits per heavy atom. The van der Waals surface area contributed by atoms with Crippen molar-refractivity contribution < 1.29 is 0 Å². The molecule has 1 aromatic carbocycles. The number of halogens is 2. The second-order valence-corrected chi connectivity index (χ2v) is 6.95. The molecule has 1 fully saturated rings. The zero-order valence-electron chi connectivity index (χ0n) is 11.1. The van der Waals surface area contributed by atoms with Crippen molar-refractivity contribution in [3.63, 3.8) is 0 Å². The highest BCUT2D eigenvalue weighted by Crippen LogP contribution is 2.41. The normalized spacial score (nSPS) is 20.5. The predicted molar refractivity (Wildman–Crippen MR) is 80.6 cm³/mol. The number of nitrogen functional groups attached to an aromatic ring is 1. The maximum Gasteiger partial charge on any atom is 0.0746 e. The minimum Gasteiger partial charge on any atom is -0.399 e. The smallest absolute Gasteiger partial charge is 0.0746 e. The summed E-state index contributed by atoms with van der Waals surface area (Å²) in [5.74, 6) is 0.669. The first-order chi connectivity index (χ1) is 8.29. The Bertz CT molecular complexity index is 429. The summed E-state index contributed by atoms with van der Waals surface area (Å²) in [6, 6.07) is 3.54. The molecule has 4 heteroatoms. The lowest BCUT2D eigenvalue weighted by molar-refractivity contribution is 0.263. The minimum absolute atomic E-state index is 0.321. The van der Waals surface area contributed by atoms with Crippen molar-refractivity contribution in [1.82, 2.24) is 0 Å². The Labute approximate surface area is 119 Å². The maximum atomic E-state index is 6.27. The lowest BCUT2D eigenvalue weighted by atomic mass is 9.80. The van der Waals surface area contributed by atoms with Crippen LogP contribution in [0.5, 0.6) is 0 Å². The molecule has 1 aliphatic heterocycles. The largest absolute Gasteiger partial charge is 0.399 e. The molecule has 1 saturated heterocycles. The lowest BCUT2D eigenvalue weighted by Gasteiger charge is -2.28. The molecule has 100 valence electrons. The van der Waals surface area contributed by atoms with Crippen LogP contribution in [0.25, 0.3) is 0 Å². The molecule has 0 aromatic heterocycles. The van der Waals surface area contributed by atoms with Gasteiger partial charge in [0.1, 0.15) is 0 Å². The fraction of sp³-hybridized carbons (Fsp3) is 0.571. The van der Waals surface area contributed by atoms with Crippen molar-refractivity contribution in [2.24, 2.45) is 11.3 Å². The number of benzene rings is 1. The third-order valence-corrected chi connectivity index (χ3v) is 4.34. The Morgan fingerprint density at radius 2 is 1.78 bits per heavy atom. The van der Waals surface area contributed by atoms with E-state index in [0.717, 1.165) is 18.8 Å². The number of nitrogens with two attached hydrogens (primary N) is 1. The number of anilines is 2. The summed E-state index contributed by atoms with van der Waals surface area (Å²) in [7, 11) is 0. The summed E-state index contributed by atoms with van der Waals surface area (Å²) in [5.41, 5.74) is 7.60. The highest BCUT2D eigenvalue weighted by atomic mass is 35.5. The monoisotopic (exact) mass is 286 g/mol. The number of nitrogens with zero attached hydrogens (tertiary/aromatic N) is 1. The van der Waals surface area contributed by atoms with E-state index in [9.17, 15) is 0 Å². The van der Waals surface area contributed by atoms with Crippen LogP contribution in [-0.4, -0.2) is 13.1 Å². The van der Waals surface area contributed by atoms with E-state index >= 15 is 0 Å². The fourth-order valence-corrected chi connectivity index (χ4v) is 3.30. The van der Waals surface area contributed by atoms with Crippen molar-refractivity contribution in [2.45, 2.75) is 27.2 Å². The Balaban J connectivity index is 2.25.